The van der Waals surface area contributed by atoms with Crippen molar-refractivity contribution in [3.05, 3.63) is 16.7 Å². The zero-order valence-corrected chi connectivity index (χ0v) is 7.59. The number of nitrogens with zero attached hydrogens (tertiary/aromatic N) is 1. The average Bonchev–Trinajstić information content (AvgIpc) is 2.09. The second-order valence-corrected chi connectivity index (χ2v) is 3.32. The van der Waals surface area contributed by atoms with E-state index in [0.29, 0.717) is 11.5 Å². The van der Waals surface area contributed by atoms with E-state index in [-0.39, 0.29) is 17.6 Å². The summed E-state index contributed by atoms with van der Waals surface area (Å²) in [7, 11) is 0. The Kier molecular flexibility index (Phi) is 1.72. The molecular formula is C8H12N4O. The summed E-state index contributed by atoms with van der Waals surface area (Å²) in [4.78, 5) is 17.9. The van der Waals surface area contributed by atoms with Gasteiger partial charge in [0.05, 0.1) is 6.33 Å². The molecule has 0 saturated carbocycles. The Balaban J connectivity index is 2.48. The summed E-state index contributed by atoms with van der Waals surface area (Å²) in [5, 5.41) is 6.27. The fourth-order valence-corrected chi connectivity index (χ4v) is 1.34. The molecule has 0 aromatic carbocycles. The second-order valence-electron chi connectivity index (χ2n) is 3.32. The number of aromatic nitrogens is 2. The molecule has 0 unspecified atom stereocenters. The fraction of sp³-hybridized carbons (Fsp3) is 0.500. The van der Waals surface area contributed by atoms with Gasteiger partial charge in [-0.05, 0) is 13.8 Å². The van der Waals surface area contributed by atoms with Crippen LogP contribution in [0.4, 0.5) is 11.5 Å². The predicted molar refractivity (Wildman–Crippen MR) is 51.0 cm³/mol. The highest BCUT2D eigenvalue weighted by molar-refractivity contribution is 5.66. The van der Waals surface area contributed by atoms with Crippen LogP contribution in [0.1, 0.15) is 13.8 Å². The van der Waals surface area contributed by atoms with Crippen molar-refractivity contribution in [2.45, 2.75) is 25.9 Å². The minimum atomic E-state index is -0.128. The van der Waals surface area contributed by atoms with Crippen LogP contribution >= 0.6 is 0 Å². The first kappa shape index (κ1) is 8.10. The molecule has 2 heterocycles. The molecule has 2 rings (SSSR count). The van der Waals surface area contributed by atoms with Crippen molar-refractivity contribution in [3.63, 3.8) is 0 Å². The lowest BCUT2D eigenvalue weighted by Gasteiger charge is -2.29. The third-order valence-corrected chi connectivity index (χ3v) is 2.34. The molecule has 1 aromatic heterocycles. The standard InChI is InChI=1S/C8H12N4O/c1-4-5(2)12-7-6(11-4)8(13)10-3-9-7/h3-5,11H,1-2H3,(H2,9,10,12,13)/t4-,5+/m1/s1. The maximum atomic E-state index is 11.3. The number of fused-ring (bicyclic) bond motifs is 1. The fourth-order valence-electron chi connectivity index (χ4n) is 1.34. The molecule has 5 heteroatoms. The van der Waals surface area contributed by atoms with E-state index in [1.54, 1.807) is 0 Å². The van der Waals surface area contributed by atoms with Gasteiger partial charge in [-0.3, -0.25) is 4.79 Å². The van der Waals surface area contributed by atoms with Crippen LogP contribution in [-0.2, 0) is 0 Å². The number of rotatable bonds is 0. The van der Waals surface area contributed by atoms with Crippen molar-refractivity contribution in [3.8, 4) is 0 Å². The molecule has 0 amide bonds. The molecule has 0 aliphatic carbocycles. The van der Waals surface area contributed by atoms with E-state index in [1.165, 1.54) is 6.33 Å². The van der Waals surface area contributed by atoms with E-state index in [2.05, 4.69) is 20.6 Å². The summed E-state index contributed by atoms with van der Waals surface area (Å²) in [6.07, 6.45) is 1.40. The monoisotopic (exact) mass is 180 g/mol. The molecule has 3 N–H and O–H groups in total. The van der Waals surface area contributed by atoms with Gasteiger partial charge in [0, 0.05) is 12.1 Å². The van der Waals surface area contributed by atoms with Crippen LogP contribution in [0.3, 0.4) is 0 Å². The zero-order chi connectivity index (χ0) is 9.42. The summed E-state index contributed by atoms with van der Waals surface area (Å²) in [6.45, 7) is 4.07. The van der Waals surface area contributed by atoms with Crippen LogP contribution in [0.15, 0.2) is 11.1 Å². The number of hydrogen-bond acceptors (Lipinski definition) is 4. The van der Waals surface area contributed by atoms with Gasteiger partial charge in [-0.2, -0.15) is 0 Å². The van der Waals surface area contributed by atoms with Gasteiger partial charge in [0.2, 0.25) is 0 Å². The van der Waals surface area contributed by atoms with Gasteiger partial charge in [0.15, 0.2) is 5.82 Å². The molecule has 0 saturated heterocycles. The van der Waals surface area contributed by atoms with Crippen molar-refractivity contribution >= 4 is 11.5 Å². The van der Waals surface area contributed by atoms with E-state index in [0.717, 1.165) is 0 Å². The molecule has 0 spiro atoms. The van der Waals surface area contributed by atoms with Crippen molar-refractivity contribution in [2.24, 2.45) is 0 Å². The van der Waals surface area contributed by atoms with Crippen LogP contribution in [0.5, 0.6) is 0 Å². The van der Waals surface area contributed by atoms with E-state index < -0.39 is 0 Å². The highest BCUT2D eigenvalue weighted by Crippen LogP contribution is 2.21. The normalized spacial score (nSPS) is 25.7. The number of aromatic amines is 1. The van der Waals surface area contributed by atoms with Gasteiger partial charge in [-0.15, -0.1) is 0 Å². The van der Waals surface area contributed by atoms with Crippen molar-refractivity contribution < 1.29 is 0 Å². The van der Waals surface area contributed by atoms with E-state index in [1.807, 2.05) is 13.8 Å². The Morgan fingerprint density at radius 2 is 2.00 bits per heavy atom. The Hall–Kier alpha value is -1.52. The number of anilines is 2. The lowest BCUT2D eigenvalue weighted by atomic mass is 10.1. The molecule has 70 valence electrons. The van der Waals surface area contributed by atoms with Crippen molar-refractivity contribution in [1.29, 1.82) is 0 Å². The van der Waals surface area contributed by atoms with Crippen LogP contribution < -0.4 is 16.2 Å². The van der Waals surface area contributed by atoms with Crippen LogP contribution in [0.25, 0.3) is 0 Å². The summed E-state index contributed by atoms with van der Waals surface area (Å²) in [6, 6.07) is 0.514. The Labute approximate surface area is 75.6 Å². The molecule has 2 atom stereocenters. The van der Waals surface area contributed by atoms with Crippen LogP contribution in [-0.4, -0.2) is 22.1 Å². The molecular weight excluding hydrogens is 168 g/mol. The highest BCUT2D eigenvalue weighted by Gasteiger charge is 2.22. The van der Waals surface area contributed by atoms with E-state index >= 15 is 0 Å². The Morgan fingerprint density at radius 3 is 2.77 bits per heavy atom. The Bertz CT molecular complexity index is 373. The van der Waals surface area contributed by atoms with Crippen molar-refractivity contribution in [1.82, 2.24) is 9.97 Å². The van der Waals surface area contributed by atoms with E-state index in [4.69, 9.17) is 0 Å². The largest absolute Gasteiger partial charge is 0.373 e. The summed E-state index contributed by atoms with van der Waals surface area (Å²) in [5.74, 6) is 0.634. The first-order valence-electron chi connectivity index (χ1n) is 4.29. The quantitative estimate of drug-likeness (QED) is 0.540. The molecule has 0 bridgehead atoms. The van der Waals surface area contributed by atoms with E-state index in [9.17, 15) is 4.79 Å². The van der Waals surface area contributed by atoms with Crippen LogP contribution in [0, 0.1) is 0 Å². The van der Waals surface area contributed by atoms with Gasteiger partial charge in [-0.1, -0.05) is 0 Å². The molecule has 13 heavy (non-hydrogen) atoms. The zero-order valence-electron chi connectivity index (χ0n) is 7.59. The molecule has 1 aliphatic heterocycles. The summed E-state index contributed by atoms with van der Waals surface area (Å²) in [5.41, 5.74) is 0.407. The minimum Gasteiger partial charge on any atom is -0.373 e. The number of hydrogen-bond donors (Lipinski definition) is 3. The smallest absolute Gasteiger partial charge is 0.276 e. The molecule has 1 aliphatic rings. The highest BCUT2D eigenvalue weighted by atomic mass is 16.1. The lowest BCUT2D eigenvalue weighted by Crippen LogP contribution is -2.41. The van der Waals surface area contributed by atoms with Crippen LogP contribution in [0.2, 0.25) is 0 Å². The summed E-state index contributed by atoms with van der Waals surface area (Å²) < 4.78 is 0. The SMILES string of the molecule is C[C@@H]1Nc2nc[nH]c(=O)c2N[C@@H]1C. The van der Waals surface area contributed by atoms with Gasteiger partial charge in [0.1, 0.15) is 5.69 Å². The molecule has 5 nitrogen and oxygen atoms in total. The first-order valence-corrected chi connectivity index (χ1v) is 4.29. The molecule has 1 aromatic rings. The third-order valence-electron chi connectivity index (χ3n) is 2.34. The topological polar surface area (TPSA) is 69.8 Å². The van der Waals surface area contributed by atoms with Gasteiger partial charge in [-0.25, -0.2) is 4.98 Å². The van der Waals surface area contributed by atoms with Gasteiger partial charge >= 0.3 is 0 Å². The maximum absolute atomic E-state index is 11.3. The third kappa shape index (κ3) is 1.26. The number of H-pyrrole nitrogens is 1. The molecule has 0 radical (unpaired) electrons. The maximum Gasteiger partial charge on any atom is 0.276 e. The lowest BCUT2D eigenvalue weighted by molar-refractivity contribution is 0.655. The first-order chi connectivity index (χ1) is 6.18. The average molecular weight is 180 g/mol. The predicted octanol–water partition coefficient (Wildman–Crippen LogP) is 0.384. The molecule has 0 fully saturated rings. The minimum absolute atomic E-state index is 0.128. The van der Waals surface area contributed by atoms with Gasteiger partial charge in [0.25, 0.3) is 5.56 Å². The number of nitrogens with one attached hydrogen (secondary N) is 3. The second kappa shape index (κ2) is 2.76. The van der Waals surface area contributed by atoms with Crippen molar-refractivity contribution in [2.75, 3.05) is 10.6 Å². The van der Waals surface area contributed by atoms with Gasteiger partial charge < -0.3 is 15.6 Å². The summed E-state index contributed by atoms with van der Waals surface area (Å²) >= 11 is 0. The Morgan fingerprint density at radius 1 is 1.31 bits per heavy atom.